The third-order valence-corrected chi connectivity index (χ3v) is 4.47. The molecule has 0 aliphatic carbocycles. The molecule has 0 saturated heterocycles. The fraction of sp³-hybridized carbons (Fsp3) is 0.190. The molecule has 0 spiro atoms. The number of alkyl halides is 3. The summed E-state index contributed by atoms with van der Waals surface area (Å²) in [5.41, 5.74) is -0.175. The predicted octanol–water partition coefficient (Wildman–Crippen LogP) is 4.23. The molecule has 4 aromatic rings. The number of H-pyrrole nitrogens is 1. The van der Waals surface area contributed by atoms with Gasteiger partial charge in [0.15, 0.2) is 11.3 Å². The molecule has 0 aliphatic heterocycles. The predicted molar refractivity (Wildman–Crippen MR) is 114 cm³/mol. The Morgan fingerprint density at radius 2 is 1.78 bits per heavy atom. The van der Waals surface area contributed by atoms with Crippen molar-refractivity contribution in [3.63, 3.8) is 0 Å². The van der Waals surface area contributed by atoms with Gasteiger partial charge in [-0.3, -0.25) is 14.8 Å². The Morgan fingerprint density at radius 3 is 2.53 bits per heavy atom. The van der Waals surface area contributed by atoms with Crippen LogP contribution < -0.4 is 10.3 Å². The van der Waals surface area contributed by atoms with Gasteiger partial charge in [-0.1, -0.05) is 0 Å². The zero-order chi connectivity index (χ0) is 21.8. The molecule has 0 fully saturated rings. The lowest BCUT2D eigenvalue weighted by Crippen LogP contribution is -2.13. The van der Waals surface area contributed by atoms with E-state index in [1.165, 1.54) is 6.07 Å². The van der Waals surface area contributed by atoms with Crippen molar-refractivity contribution in [1.82, 2.24) is 24.9 Å². The monoisotopic (exact) mass is 463 g/mol. The number of fused-ring (bicyclic) bond motifs is 1. The number of aromatic amines is 1. The molecule has 0 saturated carbocycles. The summed E-state index contributed by atoms with van der Waals surface area (Å²) in [5.74, 6) is 0.191. The van der Waals surface area contributed by atoms with Crippen LogP contribution in [0.3, 0.4) is 0 Å². The second-order valence-corrected chi connectivity index (χ2v) is 6.67. The van der Waals surface area contributed by atoms with Gasteiger partial charge in [0.1, 0.15) is 5.69 Å². The maximum absolute atomic E-state index is 12.9. The Bertz CT molecular complexity index is 1270. The first-order valence-corrected chi connectivity index (χ1v) is 9.36. The lowest BCUT2D eigenvalue weighted by Gasteiger charge is -2.09. The molecule has 0 amide bonds. The zero-order valence-corrected chi connectivity index (χ0v) is 17.3. The number of pyridine rings is 3. The molecule has 7 nitrogen and oxygen atoms in total. The number of aromatic nitrogens is 5. The van der Waals surface area contributed by atoms with Crippen molar-refractivity contribution >= 4 is 23.4 Å². The molecular formula is C21H17ClF3N5O2. The van der Waals surface area contributed by atoms with E-state index in [4.69, 9.17) is 4.74 Å². The van der Waals surface area contributed by atoms with E-state index in [2.05, 4.69) is 24.9 Å². The summed E-state index contributed by atoms with van der Waals surface area (Å²) in [4.78, 5) is 31.1. The Kier molecular flexibility index (Phi) is 7.04. The summed E-state index contributed by atoms with van der Waals surface area (Å²) >= 11 is 0. The molecule has 1 N–H and O–H groups in total. The smallest absolute Gasteiger partial charge is 0.416 e. The lowest BCUT2D eigenvalue weighted by atomic mass is 10.1. The quantitative estimate of drug-likeness (QED) is 0.430. The number of ether oxygens (including phenoxy) is 1. The van der Waals surface area contributed by atoms with Crippen LogP contribution in [0.4, 0.5) is 13.2 Å². The number of rotatable bonds is 6. The minimum atomic E-state index is -4.53. The molecule has 0 radical (unpaired) electrons. The summed E-state index contributed by atoms with van der Waals surface area (Å²) in [6.45, 7) is 0.401. The van der Waals surface area contributed by atoms with Crippen LogP contribution in [0, 0.1) is 0 Å². The summed E-state index contributed by atoms with van der Waals surface area (Å²) < 4.78 is 44.4. The van der Waals surface area contributed by atoms with E-state index >= 15 is 0 Å². The average Bonchev–Trinajstić information content (AvgIpc) is 2.77. The van der Waals surface area contributed by atoms with Crippen molar-refractivity contribution in [2.45, 2.75) is 19.0 Å². The van der Waals surface area contributed by atoms with Crippen LogP contribution in [0.25, 0.3) is 22.6 Å². The zero-order valence-electron chi connectivity index (χ0n) is 16.5. The van der Waals surface area contributed by atoms with Crippen LogP contribution in [0.15, 0.2) is 59.8 Å². The van der Waals surface area contributed by atoms with Crippen LogP contribution in [0.2, 0.25) is 0 Å². The molecule has 32 heavy (non-hydrogen) atoms. The third kappa shape index (κ3) is 5.38. The van der Waals surface area contributed by atoms with Gasteiger partial charge >= 0.3 is 6.18 Å². The number of nitrogens with one attached hydrogen (secondary N) is 1. The number of hydrogen-bond donors (Lipinski definition) is 1. The van der Waals surface area contributed by atoms with Gasteiger partial charge in [0.2, 0.25) is 5.88 Å². The van der Waals surface area contributed by atoms with Gasteiger partial charge in [-0.25, -0.2) is 9.97 Å². The highest BCUT2D eigenvalue weighted by atomic mass is 35.5. The Balaban J connectivity index is 0.00000289. The highest BCUT2D eigenvalue weighted by Crippen LogP contribution is 2.30. The molecule has 0 unspecified atom stereocenters. The van der Waals surface area contributed by atoms with E-state index in [1.807, 2.05) is 12.1 Å². The van der Waals surface area contributed by atoms with Crippen LogP contribution in [-0.4, -0.2) is 31.5 Å². The van der Waals surface area contributed by atoms with Gasteiger partial charge < -0.3 is 9.72 Å². The van der Waals surface area contributed by atoms with E-state index in [0.717, 1.165) is 36.7 Å². The van der Waals surface area contributed by atoms with Crippen LogP contribution in [-0.2, 0) is 12.6 Å². The first kappa shape index (κ1) is 23.1. The molecule has 4 rings (SSSR count). The standard InChI is InChI=1S/C21H16F3N5O2.ClH/c22-21(23,24)14-7-10-26-16(12-14)19-27-15-3-4-17(28-18(15)20(30)29-19)31-11-1-2-13-5-8-25-9-6-13;/h3-10,12H,1-2,11H2,(H,27,29,30);1H. The topological polar surface area (TPSA) is 93.7 Å². The van der Waals surface area contributed by atoms with Crippen molar-refractivity contribution in [3.05, 3.63) is 76.5 Å². The average molecular weight is 464 g/mol. The number of nitrogens with zero attached hydrogens (tertiary/aromatic N) is 4. The first-order chi connectivity index (χ1) is 14.9. The van der Waals surface area contributed by atoms with E-state index in [1.54, 1.807) is 18.5 Å². The maximum atomic E-state index is 12.9. The van der Waals surface area contributed by atoms with Crippen molar-refractivity contribution in [2.75, 3.05) is 6.61 Å². The molecule has 0 bridgehead atoms. The Morgan fingerprint density at radius 1 is 1.00 bits per heavy atom. The fourth-order valence-corrected chi connectivity index (χ4v) is 2.95. The number of hydrogen-bond acceptors (Lipinski definition) is 6. The van der Waals surface area contributed by atoms with E-state index < -0.39 is 17.3 Å². The SMILES string of the molecule is Cl.O=c1[nH]c(-c2cc(C(F)(F)F)ccn2)nc2ccc(OCCCc3ccncc3)nc12. The molecule has 11 heteroatoms. The first-order valence-electron chi connectivity index (χ1n) is 9.36. The van der Waals surface area contributed by atoms with Gasteiger partial charge in [0, 0.05) is 24.7 Å². The molecule has 4 heterocycles. The van der Waals surface area contributed by atoms with Gasteiger partial charge in [0.25, 0.3) is 5.56 Å². The van der Waals surface area contributed by atoms with Gasteiger partial charge in [0.05, 0.1) is 17.7 Å². The largest absolute Gasteiger partial charge is 0.478 e. The fourth-order valence-electron chi connectivity index (χ4n) is 2.95. The van der Waals surface area contributed by atoms with Crippen LogP contribution >= 0.6 is 12.4 Å². The van der Waals surface area contributed by atoms with Crippen molar-refractivity contribution in [3.8, 4) is 17.4 Å². The van der Waals surface area contributed by atoms with E-state index in [-0.39, 0.29) is 40.8 Å². The van der Waals surface area contributed by atoms with Gasteiger partial charge in [-0.05, 0) is 48.7 Å². The Labute approximate surface area is 186 Å². The van der Waals surface area contributed by atoms with Gasteiger partial charge in [-0.15, -0.1) is 12.4 Å². The van der Waals surface area contributed by atoms with Crippen molar-refractivity contribution in [2.24, 2.45) is 0 Å². The molecule has 4 aromatic heterocycles. The summed E-state index contributed by atoms with van der Waals surface area (Å²) in [5, 5.41) is 0. The second-order valence-electron chi connectivity index (χ2n) is 6.67. The molecule has 0 atom stereocenters. The highest BCUT2D eigenvalue weighted by Gasteiger charge is 2.31. The Hall–Kier alpha value is -3.53. The van der Waals surface area contributed by atoms with Crippen molar-refractivity contribution < 1.29 is 17.9 Å². The lowest BCUT2D eigenvalue weighted by molar-refractivity contribution is -0.137. The second kappa shape index (κ2) is 9.73. The minimum Gasteiger partial charge on any atom is -0.478 e. The maximum Gasteiger partial charge on any atom is 0.416 e. The summed E-state index contributed by atoms with van der Waals surface area (Å²) in [6, 6.07) is 8.63. The van der Waals surface area contributed by atoms with Crippen LogP contribution in [0.5, 0.6) is 5.88 Å². The van der Waals surface area contributed by atoms with E-state index in [0.29, 0.717) is 6.61 Å². The summed E-state index contributed by atoms with van der Waals surface area (Å²) in [6.07, 6.45) is 1.50. The third-order valence-electron chi connectivity index (χ3n) is 4.47. The normalized spacial score (nSPS) is 11.2. The molecule has 0 aromatic carbocycles. The van der Waals surface area contributed by atoms with E-state index in [9.17, 15) is 18.0 Å². The number of halogens is 4. The molecule has 166 valence electrons. The van der Waals surface area contributed by atoms with Crippen LogP contribution in [0.1, 0.15) is 17.5 Å². The highest BCUT2D eigenvalue weighted by molar-refractivity contribution is 5.85. The van der Waals surface area contributed by atoms with Crippen molar-refractivity contribution in [1.29, 1.82) is 0 Å². The molecule has 0 aliphatic rings. The molecular weight excluding hydrogens is 447 g/mol. The van der Waals surface area contributed by atoms with Gasteiger partial charge in [-0.2, -0.15) is 13.2 Å². The minimum absolute atomic E-state index is 0. The summed E-state index contributed by atoms with van der Waals surface area (Å²) in [7, 11) is 0. The number of aryl methyl sites for hydroxylation is 1.